The highest BCUT2D eigenvalue weighted by Gasteiger charge is 2.26. The van der Waals surface area contributed by atoms with Crippen LogP contribution in [0.3, 0.4) is 0 Å². The molecule has 0 spiro atoms. The van der Waals surface area contributed by atoms with Gasteiger partial charge in [0.25, 0.3) is 11.6 Å². The lowest BCUT2D eigenvalue weighted by atomic mass is 10.2. The van der Waals surface area contributed by atoms with Crippen LogP contribution in [0.5, 0.6) is 0 Å². The Morgan fingerprint density at radius 1 is 0.969 bits per heavy atom. The highest BCUT2D eigenvalue weighted by molar-refractivity contribution is 7.89. The number of amides is 1. The first-order chi connectivity index (χ1) is 15.4. The molecule has 0 aliphatic rings. The van der Waals surface area contributed by atoms with Gasteiger partial charge >= 0.3 is 0 Å². The fraction of sp³-hybridized carbons (Fsp3) is 0.0909. The van der Waals surface area contributed by atoms with E-state index in [9.17, 15) is 23.3 Å². The van der Waals surface area contributed by atoms with Crippen LogP contribution in [-0.4, -0.2) is 36.3 Å². The second kappa shape index (κ2) is 10.4. The second-order valence-electron chi connectivity index (χ2n) is 6.71. The fourth-order valence-electron chi connectivity index (χ4n) is 2.81. The van der Waals surface area contributed by atoms with Gasteiger partial charge in [0.1, 0.15) is 0 Å². The first-order valence-corrected chi connectivity index (χ1v) is 11.0. The maximum atomic E-state index is 13.1. The zero-order valence-corrected chi connectivity index (χ0v) is 17.7. The van der Waals surface area contributed by atoms with E-state index in [1.54, 1.807) is 42.5 Å². The Kier molecular flexibility index (Phi) is 7.42. The Bertz CT molecular complexity index is 1200. The van der Waals surface area contributed by atoms with E-state index in [0.29, 0.717) is 5.56 Å². The zero-order valence-electron chi connectivity index (χ0n) is 16.9. The van der Waals surface area contributed by atoms with Crippen LogP contribution in [0, 0.1) is 10.1 Å². The standard InChI is InChI=1S/C22H20N4O5S/c27-22(24-23-15-18-11-13-20(14-12-18)26(28)29)17-25(16-19-7-3-1-4-8-19)32(30,31)21-9-5-2-6-10-21/h1-15H,16-17H2,(H,24,27)/b23-15-. The van der Waals surface area contributed by atoms with E-state index >= 15 is 0 Å². The van der Waals surface area contributed by atoms with Crippen molar-refractivity contribution in [1.29, 1.82) is 0 Å². The molecule has 0 aromatic heterocycles. The van der Waals surface area contributed by atoms with Crippen molar-refractivity contribution in [3.8, 4) is 0 Å². The minimum absolute atomic E-state index is 0.0115. The summed E-state index contributed by atoms with van der Waals surface area (Å²) in [7, 11) is -3.93. The van der Waals surface area contributed by atoms with Gasteiger partial charge in [-0.25, -0.2) is 13.8 Å². The molecule has 0 unspecified atom stereocenters. The lowest BCUT2D eigenvalue weighted by Crippen LogP contribution is -2.39. The van der Waals surface area contributed by atoms with Crippen LogP contribution >= 0.6 is 0 Å². The van der Waals surface area contributed by atoms with Crippen molar-refractivity contribution < 1.29 is 18.1 Å². The Morgan fingerprint density at radius 2 is 1.56 bits per heavy atom. The molecule has 0 bridgehead atoms. The largest absolute Gasteiger partial charge is 0.272 e. The number of hydrazone groups is 1. The molecule has 164 valence electrons. The molecule has 0 atom stereocenters. The maximum absolute atomic E-state index is 13.1. The predicted molar refractivity (Wildman–Crippen MR) is 119 cm³/mol. The first kappa shape index (κ1) is 22.8. The molecule has 3 rings (SSSR count). The van der Waals surface area contributed by atoms with Gasteiger partial charge in [0.2, 0.25) is 10.0 Å². The summed E-state index contributed by atoms with van der Waals surface area (Å²) in [5.74, 6) is -0.626. The number of benzene rings is 3. The summed E-state index contributed by atoms with van der Waals surface area (Å²) in [4.78, 5) is 22.7. The summed E-state index contributed by atoms with van der Waals surface area (Å²) in [5, 5.41) is 14.5. The number of carbonyl (C=O) groups is 1. The van der Waals surface area contributed by atoms with Gasteiger partial charge in [-0.1, -0.05) is 48.5 Å². The molecule has 32 heavy (non-hydrogen) atoms. The van der Waals surface area contributed by atoms with E-state index in [1.165, 1.54) is 42.6 Å². The molecule has 0 heterocycles. The van der Waals surface area contributed by atoms with Gasteiger partial charge in [-0.3, -0.25) is 14.9 Å². The highest BCUT2D eigenvalue weighted by atomic mass is 32.2. The van der Waals surface area contributed by atoms with Crippen molar-refractivity contribution in [2.75, 3.05) is 6.54 Å². The third-order valence-corrected chi connectivity index (χ3v) is 6.22. The monoisotopic (exact) mass is 452 g/mol. The van der Waals surface area contributed by atoms with E-state index in [2.05, 4.69) is 10.5 Å². The molecule has 3 aromatic rings. The molecule has 0 saturated carbocycles. The van der Waals surface area contributed by atoms with Crippen LogP contribution in [0.25, 0.3) is 0 Å². The summed E-state index contributed by atoms with van der Waals surface area (Å²) in [6.45, 7) is -0.429. The lowest BCUT2D eigenvalue weighted by molar-refractivity contribution is -0.384. The summed E-state index contributed by atoms with van der Waals surface area (Å²) in [6.07, 6.45) is 1.31. The number of nitrogens with one attached hydrogen (secondary N) is 1. The summed E-state index contributed by atoms with van der Waals surface area (Å²) in [6, 6.07) is 22.4. The Morgan fingerprint density at radius 3 is 2.16 bits per heavy atom. The number of non-ortho nitro benzene ring substituents is 1. The molecule has 0 fully saturated rings. The van der Waals surface area contributed by atoms with Crippen LogP contribution in [0.2, 0.25) is 0 Å². The van der Waals surface area contributed by atoms with Gasteiger partial charge in [0, 0.05) is 18.7 Å². The van der Waals surface area contributed by atoms with Crippen molar-refractivity contribution in [3.05, 3.63) is 106 Å². The van der Waals surface area contributed by atoms with Crippen molar-refractivity contribution in [2.24, 2.45) is 5.10 Å². The number of nitrogens with zero attached hydrogens (tertiary/aromatic N) is 3. The average Bonchev–Trinajstić information content (AvgIpc) is 2.80. The minimum atomic E-state index is -3.93. The number of carbonyl (C=O) groups excluding carboxylic acids is 1. The summed E-state index contributed by atoms with van der Waals surface area (Å²) < 4.78 is 27.3. The van der Waals surface area contributed by atoms with Crippen molar-refractivity contribution in [1.82, 2.24) is 9.73 Å². The topological polar surface area (TPSA) is 122 Å². The molecule has 9 nitrogen and oxygen atoms in total. The van der Waals surface area contributed by atoms with E-state index in [1.807, 2.05) is 6.07 Å². The zero-order chi connectivity index (χ0) is 23.0. The number of hydrogen-bond acceptors (Lipinski definition) is 6. The molecular weight excluding hydrogens is 432 g/mol. The molecule has 3 aromatic carbocycles. The van der Waals surface area contributed by atoms with Crippen molar-refractivity contribution in [2.45, 2.75) is 11.4 Å². The molecule has 1 amide bonds. The van der Waals surface area contributed by atoms with E-state index in [4.69, 9.17) is 0 Å². The summed E-state index contributed by atoms with van der Waals surface area (Å²) in [5.41, 5.74) is 3.50. The third kappa shape index (κ3) is 6.06. The number of rotatable bonds is 9. The third-order valence-electron chi connectivity index (χ3n) is 4.41. The van der Waals surface area contributed by atoms with Gasteiger partial charge in [-0.15, -0.1) is 0 Å². The Labute approximate surface area is 185 Å². The Hall–Kier alpha value is -3.89. The molecule has 0 saturated heterocycles. The molecule has 0 aliphatic carbocycles. The molecule has 0 radical (unpaired) electrons. The second-order valence-corrected chi connectivity index (χ2v) is 8.65. The van der Waals surface area contributed by atoms with Crippen molar-refractivity contribution >= 4 is 27.8 Å². The molecule has 0 aliphatic heterocycles. The van der Waals surface area contributed by atoms with Crippen molar-refractivity contribution in [3.63, 3.8) is 0 Å². The van der Waals surface area contributed by atoms with Gasteiger partial charge in [-0.05, 0) is 35.4 Å². The number of nitro groups is 1. The first-order valence-electron chi connectivity index (χ1n) is 9.52. The Balaban J connectivity index is 1.72. The normalized spacial score (nSPS) is 11.5. The number of hydrogen-bond donors (Lipinski definition) is 1. The van der Waals surface area contributed by atoms with Gasteiger partial charge < -0.3 is 0 Å². The van der Waals surface area contributed by atoms with E-state index in [0.717, 1.165) is 9.87 Å². The van der Waals surface area contributed by atoms with Crippen LogP contribution < -0.4 is 5.43 Å². The minimum Gasteiger partial charge on any atom is -0.272 e. The van der Waals surface area contributed by atoms with Gasteiger partial charge in [0.05, 0.1) is 22.6 Å². The van der Waals surface area contributed by atoms with Crippen LogP contribution in [0.4, 0.5) is 5.69 Å². The quantitative estimate of drug-likeness (QED) is 0.304. The lowest BCUT2D eigenvalue weighted by Gasteiger charge is -2.21. The maximum Gasteiger partial charge on any atom is 0.269 e. The number of sulfonamides is 1. The molecule has 10 heteroatoms. The predicted octanol–water partition coefficient (Wildman–Crippen LogP) is 2.94. The van der Waals surface area contributed by atoms with Gasteiger partial charge in [-0.2, -0.15) is 9.41 Å². The van der Waals surface area contributed by atoms with Crippen LogP contribution in [-0.2, 0) is 21.4 Å². The smallest absolute Gasteiger partial charge is 0.269 e. The highest BCUT2D eigenvalue weighted by Crippen LogP contribution is 2.18. The molecule has 1 N–H and O–H groups in total. The van der Waals surface area contributed by atoms with Gasteiger partial charge in [0.15, 0.2) is 0 Å². The fourth-order valence-corrected chi connectivity index (χ4v) is 4.22. The van der Waals surface area contributed by atoms with E-state index < -0.39 is 27.4 Å². The average molecular weight is 452 g/mol. The number of nitro benzene ring substituents is 1. The summed E-state index contributed by atoms with van der Waals surface area (Å²) >= 11 is 0. The van der Waals surface area contributed by atoms with Crippen LogP contribution in [0.1, 0.15) is 11.1 Å². The van der Waals surface area contributed by atoms with Crippen LogP contribution in [0.15, 0.2) is 94.9 Å². The molecular formula is C22H20N4O5S. The SMILES string of the molecule is O=C(CN(Cc1ccccc1)S(=O)(=O)c1ccccc1)N/N=C\c1ccc([N+](=O)[O-])cc1. The van der Waals surface area contributed by atoms with E-state index in [-0.39, 0.29) is 17.1 Å².